The number of amides is 2. The number of rotatable bonds is 4. The van der Waals surface area contributed by atoms with Crippen molar-refractivity contribution in [2.75, 3.05) is 10.6 Å². The zero-order valence-electron chi connectivity index (χ0n) is 18.8. The molecule has 6 heteroatoms. The highest BCUT2D eigenvalue weighted by atomic mass is 32.1. The molecule has 2 amide bonds. The molecular formula is C25H31N3O2S. The van der Waals surface area contributed by atoms with Crippen molar-refractivity contribution in [3.8, 4) is 0 Å². The Bertz CT molecular complexity index is 1010. The van der Waals surface area contributed by atoms with Crippen LogP contribution in [0.1, 0.15) is 70.6 Å². The van der Waals surface area contributed by atoms with Crippen LogP contribution in [0.3, 0.4) is 0 Å². The van der Waals surface area contributed by atoms with Gasteiger partial charge in [0.1, 0.15) is 4.88 Å². The molecule has 2 N–H and O–H groups in total. The van der Waals surface area contributed by atoms with Crippen molar-refractivity contribution >= 4 is 34.0 Å². The molecule has 31 heavy (non-hydrogen) atoms. The smallest absolute Gasteiger partial charge is 0.267 e. The minimum atomic E-state index is -0.215. The Morgan fingerprint density at radius 1 is 0.935 bits per heavy atom. The molecule has 6 rings (SSSR count). The van der Waals surface area contributed by atoms with Gasteiger partial charge in [-0.3, -0.25) is 9.59 Å². The van der Waals surface area contributed by atoms with Crippen LogP contribution in [0.2, 0.25) is 0 Å². The third-order valence-electron chi connectivity index (χ3n) is 7.66. The Hall–Kier alpha value is -2.21. The summed E-state index contributed by atoms with van der Waals surface area (Å²) in [7, 11) is 0. The van der Waals surface area contributed by atoms with Gasteiger partial charge < -0.3 is 10.6 Å². The van der Waals surface area contributed by atoms with E-state index in [0.717, 1.165) is 53.8 Å². The van der Waals surface area contributed by atoms with Crippen LogP contribution in [0, 0.1) is 50.9 Å². The number of anilines is 2. The first-order valence-electron chi connectivity index (χ1n) is 11.4. The first kappa shape index (κ1) is 20.7. The molecule has 5 nitrogen and oxygen atoms in total. The van der Waals surface area contributed by atoms with Crippen LogP contribution in [0.15, 0.2) is 12.1 Å². The Balaban J connectivity index is 1.32. The highest BCUT2D eigenvalue weighted by Crippen LogP contribution is 2.60. The maximum Gasteiger partial charge on any atom is 0.267 e. The summed E-state index contributed by atoms with van der Waals surface area (Å²) in [5.74, 6) is 2.12. The van der Waals surface area contributed by atoms with E-state index >= 15 is 0 Å². The molecule has 1 heterocycles. The fourth-order valence-corrected chi connectivity index (χ4v) is 7.68. The zero-order chi connectivity index (χ0) is 21.9. The van der Waals surface area contributed by atoms with E-state index in [1.165, 1.54) is 36.2 Å². The lowest BCUT2D eigenvalue weighted by Crippen LogP contribution is -2.51. The van der Waals surface area contributed by atoms with Gasteiger partial charge in [-0.15, -0.1) is 0 Å². The molecule has 2 aromatic rings. The van der Waals surface area contributed by atoms with Crippen LogP contribution in [0.25, 0.3) is 0 Å². The van der Waals surface area contributed by atoms with Gasteiger partial charge in [-0.25, -0.2) is 4.98 Å². The van der Waals surface area contributed by atoms with Crippen molar-refractivity contribution in [1.29, 1.82) is 0 Å². The van der Waals surface area contributed by atoms with Crippen molar-refractivity contribution in [2.24, 2.45) is 23.2 Å². The fraction of sp³-hybridized carbons (Fsp3) is 0.560. The van der Waals surface area contributed by atoms with E-state index in [0.29, 0.717) is 15.7 Å². The van der Waals surface area contributed by atoms with Gasteiger partial charge in [0.2, 0.25) is 5.91 Å². The second-order valence-electron chi connectivity index (χ2n) is 10.3. The molecule has 4 fully saturated rings. The lowest BCUT2D eigenvalue weighted by atomic mass is 9.49. The number of carbonyl (C=O) groups excluding carboxylic acids is 2. The molecule has 1 aromatic heterocycles. The molecule has 0 atom stereocenters. The zero-order valence-corrected chi connectivity index (χ0v) is 19.6. The van der Waals surface area contributed by atoms with Gasteiger partial charge in [-0.1, -0.05) is 29.0 Å². The molecule has 0 spiro atoms. The van der Waals surface area contributed by atoms with Crippen LogP contribution < -0.4 is 10.6 Å². The molecule has 4 bridgehead atoms. The Labute approximate surface area is 188 Å². The molecule has 4 aliphatic carbocycles. The molecular weight excluding hydrogens is 406 g/mol. The highest BCUT2D eigenvalue weighted by Gasteiger charge is 2.54. The summed E-state index contributed by atoms with van der Waals surface area (Å²) < 4.78 is 0. The molecule has 0 saturated heterocycles. The first-order valence-corrected chi connectivity index (χ1v) is 12.2. The number of aryl methyl sites for hydroxylation is 4. The van der Waals surface area contributed by atoms with Crippen LogP contribution >= 0.6 is 11.3 Å². The van der Waals surface area contributed by atoms with Gasteiger partial charge in [0.25, 0.3) is 5.91 Å². The summed E-state index contributed by atoms with van der Waals surface area (Å²) in [6, 6.07) is 4.14. The van der Waals surface area contributed by atoms with E-state index in [-0.39, 0.29) is 17.2 Å². The Kier molecular flexibility index (Phi) is 4.96. The number of nitrogens with zero attached hydrogens (tertiary/aromatic N) is 1. The highest BCUT2D eigenvalue weighted by molar-refractivity contribution is 7.17. The molecule has 164 valence electrons. The summed E-state index contributed by atoms with van der Waals surface area (Å²) in [5.41, 5.74) is 4.56. The van der Waals surface area contributed by atoms with Crippen LogP contribution in [-0.4, -0.2) is 16.8 Å². The lowest BCUT2D eigenvalue weighted by Gasteiger charge is -2.55. The number of thiazole rings is 1. The largest absolute Gasteiger partial charge is 0.321 e. The van der Waals surface area contributed by atoms with Crippen molar-refractivity contribution in [2.45, 2.75) is 66.2 Å². The van der Waals surface area contributed by atoms with E-state index in [9.17, 15) is 9.59 Å². The molecule has 4 aliphatic rings. The van der Waals surface area contributed by atoms with E-state index in [4.69, 9.17) is 0 Å². The maximum atomic E-state index is 13.3. The minimum absolute atomic E-state index is 0.123. The number of nitrogens with one attached hydrogen (secondary N) is 2. The molecule has 1 aromatic carbocycles. The summed E-state index contributed by atoms with van der Waals surface area (Å²) in [4.78, 5) is 31.4. The van der Waals surface area contributed by atoms with Gasteiger partial charge in [0, 0.05) is 5.69 Å². The third kappa shape index (κ3) is 3.69. The Morgan fingerprint density at radius 3 is 2.03 bits per heavy atom. The summed E-state index contributed by atoms with van der Waals surface area (Å²) in [6.07, 6.45) is 7.00. The van der Waals surface area contributed by atoms with Crippen molar-refractivity contribution in [3.05, 3.63) is 39.4 Å². The maximum absolute atomic E-state index is 13.3. The summed E-state index contributed by atoms with van der Waals surface area (Å²) in [5, 5.41) is 6.70. The number of hydrogen-bond donors (Lipinski definition) is 2. The number of hydrogen-bond acceptors (Lipinski definition) is 4. The average molecular weight is 438 g/mol. The second-order valence-corrected chi connectivity index (χ2v) is 11.3. The first-order chi connectivity index (χ1) is 14.7. The van der Waals surface area contributed by atoms with Crippen molar-refractivity contribution in [3.63, 3.8) is 0 Å². The SMILES string of the molecule is Cc1cc(C)c(NC(=O)c2sc(NC(=O)[C@]34C[C@H]5C[C@H](C[C@H](C5)C3)C4)nc2C)c(C)c1. The van der Waals surface area contributed by atoms with Crippen LogP contribution in [-0.2, 0) is 4.79 Å². The number of benzene rings is 1. The summed E-state index contributed by atoms with van der Waals surface area (Å²) in [6.45, 7) is 7.90. The molecule has 0 radical (unpaired) electrons. The normalized spacial score (nSPS) is 28.6. The minimum Gasteiger partial charge on any atom is -0.321 e. The molecule has 0 aliphatic heterocycles. The number of aromatic nitrogens is 1. The predicted octanol–water partition coefficient (Wildman–Crippen LogP) is 5.78. The molecule has 4 saturated carbocycles. The predicted molar refractivity (Wildman–Crippen MR) is 125 cm³/mol. The Morgan fingerprint density at radius 2 is 1.48 bits per heavy atom. The van der Waals surface area contributed by atoms with Crippen LogP contribution in [0.4, 0.5) is 10.8 Å². The van der Waals surface area contributed by atoms with Gasteiger partial charge in [-0.2, -0.15) is 0 Å². The lowest BCUT2D eigenvalue weighted by molar-refractivity contribution is -0.140. The van der Waals surface area contributed by atoms with Gasteiger partial charge >= 0.3 is 0 Å². The average Bonchev–Trinajstić information content (AvgIpc) is 3.03. The molecule has 0 unspecified atom stereocenters. The van der Waals surface area contributed by atoms with Gasteiger partial charge in [0.05, 0.1) is 11.1 Å². The third-order valence-corrected chi connectivity index (χ3v) is 8.73. The quantitative estimate of drug-likeness (QED) is 0.636. The van der Waals surface area contributed by atoms with Crippen molar-refractivity contribution in [1.82, 2.24) is 4.98 Å². The van der Waals surface area contributed by atoms with E-state index in [1.54, 1.807) is 0 Å². The van der Waals surface area contributed by atoms with Gasteiger partial charge in [-0.05, 0) is 95.1 Å². The monoisotopic (exact) mass is 437 g/mol. The van der Waals surface area contributed by atoms with Gasteiger partial charge in [0.15, 0.2) is 5.13 Å². The van der Waals surface area contributed by atoms with E-state index in [2.05, 4.69) is 34.7 Å². The van der Waals surface area contributed by atoms with E-state index in [1.807, 2.05) is 20.8 Å². The standard InChI is InChI=1S/C25H31N3O2S/c1-13-5-14(2)20(15(3)6-13)27-22(29)21-16(4)26-24(31-21)28-23(30)25-10-17-7-18(11-25)9-19(8-17)12-25/h5-6,17-19H,7-12H2,1-4H3,(H,27,29)(H,26,28,30)/t17-,18+,19-,25-. The topological polar surface area (TPSA) is 71.1 Å². The second kappa shape index (κ2) is 7.44. The number of carbonyl (C=O) groups is 2. The van der Waals surface area contributed by atoms with Crippen molar-refractivity contribution < 1.29 is 9.59 Å². The fourth-order valence-electron chi connectivity index (χ4n) is 6.83. The van der Waals surface area contributed by atoms with E-state index < -0.39 is 0 Å². The van der Waals surface area contributed by atoms with Crippen LogP contribution in [0.5, 0.6) is 0 Å². The summed E-state index contributed by atoms with van der Waals surface area (Å²) >= 11 is 1.28.